The molecule has 0 saturated heterocycles. The van der Waals surface area contributed by atoms with E-state index >= 15 is 0 Å². The second-order valence-electron chi connectivity index (χ2n) is 2.62. The molecular formula is C9H7N3O2. The van der Waals surface area contributed by atoms with Gasteiger partial charge in [0.2, 0.25) is 0 Å². The number of aryl methyl sites for hydroxylation is 1. The van der Waals surface area contributed by atoms with Crippen LogP contribution < -0.4 is 0 Å². The molecule has 0 bridgehead atoms. The average molecular weight is 189 g/mol. The number of hydrogen-bond acceptors (Lipinski definition) is 4. The summed E-state index contributed by atoms with van der Waals surface area (Å²) in [5.41, 5.74) is 1.05. The molecule has 14 heavy (non-hydrogen) atoms. The smallest absolute Gasteiger partial charge is 0.258 e. The van der Waals surface area contributed by atoms with Gasteiger partial charge in [0, 0.05) is 11.6 Å². The Balaban J connectivity index is 3.08. The van der Waals surface area contributed by atoms with Gasteiger partial charge in [-0.15, -0.1) is 0 Å². The van der Waals surface area contributed by atoms with Crippen LogP contribution in [0.15, 0.2) is 18.3 Å². The summed E-state index contributed by atoms with van der Waals surface area (Å²) >= 11 is 0. The molecule has 0 saturated carbocycles. The van der Waals surface area contributed by atoms with E-state index in [4.69, 9.17) is 5.26 Å². The van der Waals surface area contributed by atoms with E-state index in [0.717, 1.165) is 0 Å². The lowest BCUT2D eigenvalue weighted by atomic mass is 10.2. The Bertz CT molecular complexity index is 432. The van der Waals surface area contributed by atoms with E-state index in [9.17, 15) is 10.1 Å². The molecule has 0 spiro atoms. The molecule has 1 aromatic heterocycles. The zero-order valence-electron chi connectivity index (χ0n) is 7.47. The minimum atomic E-state index is -0.486. The fourth-order valence-corrected chi connectivity index (χ4v) is 0.975. The Kier molecular flexibility index (Phi) is 2.92. The number of nitrogens with zero attached hydrogens (tertiary/aromatic N) is 3. The zero-order chi connectivity index (χ0) is 10.6. The molecule has 1 heterocycles. The highest BCUT2D eigenvalue weighted by Gasteiger charge is 2.09. The Hall–Kier alpha value is -2.22. The van der Waals surface area contributed by atoms with Crippen molar-refractivity contribution in [1.82, 2.24) is 4.98 Å². The molecule has 5 heteroatoms. The number of nitro groups is 1. The monoisotopic (exact) mass is 189 g/mol. The third-order valence-corrected chi connectivity index (χ3v) is 1.63. The maximum Gasteiger partial charge on any atom is 0.290 e. The Morgan fingerprint density at radius 2 is 2.43 bits per heavy atom. The van der Waals surface area contributed by atoms with Crippen LogP contribution in [0.25, 0.3) is 6.08 Å². The van der Waals surface area contributed by atoms with Crippen LogP contribution in [0.4, 0.5) is 5.69 Å². The van der Waals surface area contributed by atoms with Crippen LogP contribution in [0, 0.1) is 28.4 Å². The molecule has 0 unspecified atom stereocenters. The van der Waals surface area contributed by atoms with Gasteiger partial charge in [-0.2, -0.15) is 5.26 Å². The van der Waals surface area contributed by atoms with Gasteiger partial charge in [0.05, 0.1) is 16.7 Å². The molecule has 1 rings (SSSR count). The topological polar surface area (TPSA) is 79.8 Å². The van der Waals surface area contributed by atoms with Crippen LogP contribution in [0.2, 0.25) is 0 Å². The summed E-state index contributed by atoms with van der Waals surface area (Å²) < 4.78 is 0. The van der Waals surface area contributed by atoms with Crippen LogP contribution in [0.5, 0.6) is 0 Å². The summed E-state index contributed by atoms with van der Waals surface area (Å²) in [4.78, 5) is 13.8. The van der Waals surface area contributed by atoms with Crippen LogP contribution >= 0.6 is 0 Å². The second-order valence-corrected chi connectivity index (χ2v) is 2.62. The number of pyridine rings is 1. The first-order chi connectivity index (χ1) is 6.65. The maximum atomic E-state index is 10.4. The molecule has 0 atom stereocenters. The molecule has 0 aromatic carbocycles. The van der Waals surface area contributed by atoms with E-state index < -0.39 is 4.92 Å². The van der Waals surface area contributed by atoms with E-state index in [1.807, 2.05) is 6.07 Å². The van der Waals surface area contributed by atoms with Gasteiger partial charge in [-0.1, -0.05) is 0 Å². The molecule has 0 amide bonds. The SMILES string of the molecule is Cc1cc(C=CC#N)ncc1[N+](=O)[O-]. The van der Waals surface area contributed by atoms with Gasteiger partial charge < -0.3 is 0 Å². The Labute approximate surface area is 80.5 Å². The van der Waals surface area contributed by atoms with Gasteiger partial charge in [0.25, 0.3) is 5.69 Å². The predicted molar refractivity (Wildman–Crippen MR) is 50.3 cm³/mol. The minimum Gasteiger partial charge on any atom is -0.258 e. The highest BCUT2D eigenvalue weighted by atomic mass is 16.6. The zero-order valence-corrected chi connectivity index (χ0v) is 7.47. The van der Waals surface area contributed by atoms with E-state index in [2.05, 4.69) is 4.98 Å². The van der Waals surface area contributed by atoms with E-state index in [-0.39, 0.29) is 5.69 Å². The minimum absolute atomic E-state index is 0.0147. The standard InChI is InChI=1S/C9H7N3O2/c1-7-5-8(3-2-4-10)11-6-9(7)12(13)14/h2-3,5-6H,1H3. The highest BCUT2D eigenvalue weighted by molar-refractivity contribution is 5.51. The average Bonchev–Trinajstić information content (AvgIpc) is 2.14. The van der Waals surface area contributed by atoms with Gasteiger partial charge in [0.1, 0.15) is 6.20 Å². The second kappa shape index (κ2) is 4.14. The molecule has 0 N–H and O–H groups in total. The van der Waals surface area contributed by atoms with Gasteiger partial charge in [-0.25, -0.2) is 4.98 Å². The first-order valence-electron chi connectivity index (χ1n) is 3.82. The van der Waals surface area contributed by atoms with Crippen molar-refractivity contribution in [3.05, 3.63) is 39.7 Å². The van der Waals surface area contributed by atoms with Crippen molar-refractivity contribution < 1.29 is 4.92 Å². The van der Waals surface area contributed by atoms with E-state index in [0.29, 0.717) is 11.3 Å². The molecule has 0 radical (unpaired) electrons. The molecule has 0 fully saturated rings. The van der Waals surface area contributed by atoms with Gasteiger partial charge in [-0.05, 0) is 19.1 Å². The summed E-state index contributed by atoms with van der Waals surface area (Å²) in [6, 6.07) is 3.38. The largest absolute Gasteiger partial charge is 0.290 e. The maximum absolute atomic E-state index is 10.4. The molecule has 0 aliphatic carbocycles. The highest BCUT2D eigenvalue weighted by Crippen LogP contribution is 2.16. The van der Waals surface area contributed by atoms with Crippen molar-refractivity contribution in [2.45, 2.75) is 6.92 Å². The Morgan fingerprint density at radius 1 is 1.71 bits per heavy atom. The quantitative estimate of drug-likeness (QED) is 0.404. The molecule has 0 aliphatic rings. The van der Waals surface area contributed by atoms with Crippen molar-refractivity contribution in [2.75, 3.05) is 0 Å². The lowest BCUT2D eigenvalue weighted by Crippen LogP contribution is -1.93. The normalized spacial score (nSPS) is 10.0. The number of rotatable bonds is 2. The summed E-state index contributed by atoms with van der Waals surface area (Å²) in [6.45, 7) is 1.63. The first-order valence-corrected chi connectivity index (χ1v) is 3.82. The van der Waals surface area contributed by atoms with Crippen molar-refractivity contribution >= 4 is 11.8 Å². The Morgan fingerprint density at radius 3 is 2.93 bits per heavy atom. The summed E-state index contributed by atoms with van der Waals surface area (Å²) in [6.07, 6.45) is 3.96. The molecule has 5 nitrogen and oxygen atoms in total. The van der Waals surface area contributed by atoms with Gasteiger partial charge in [0.15, 0.2) is 0 Å². The van der Waals surface area contributed by atoms with Crippen LogP contribution in [0.1, 0.15) is 11.3 Å². The number of allylic oxidation sites excluding steroid dienone is 1. The first kappa shape index (κ1) is 9.86. The summed E-state index contributed by atoms with van der Waals surface area (Å²) in [5, 5.41) is 18.7. The summed E-state index contributed by atoms with van der Waals surface area (Å²) in [5.74, 6) is 0. The summed E-state index contributed by atoms with van der Waals surface area (Å²) in [7, 11) is 0. The van der Waals surface area contributed by atoms with Crippen LogP contribution in [0.3, 0.4) is 0 Å². The number of hydrogen-bond donors (Lipinski definition) is 0. The lowest BCUT2D eigenvalue weighted by molar-refractivity contribution is -0.385. The predicted octanol–water partition coefficient (Wildman–Crippen LogP) is 1.83. The number of nitriles is 1. The fraction of sp³-hybridized carbons (Fsp3) is 0.111. The third kappa shape index (κ3) is 2.14. The van der Waals surface area contributed by atoms with Crippen molar-refractivity contribution in [1.29, 1.82) is 5.26 Å². The van der Waals surface area contributed by atoms with E-state index in [1.54, 1.807) is 13.0 Å². The van der Waals surface area contributed by atoms with Gasteiger partial charge in [-0.3, -0.25) is 10.1 Å². The molecule has 1 aromatic rings. The van der Waals surface area contributed by atoms with Crippen LogP contribution in [-0.2, 0) is 0 Å². The number of aromatic nitrogens is 1. The van der Waals surface area contributed by atoms with Crippen molar-refractivity contribution in [2.24, 2.45) is 0 Å². The molecular weight excluding hydrogens is 182 g/mol. The van der Waals surface area contributed by atoms with Crippen molar-refractivity contribution in [3.8, 4) is 6.07 Å². The van der Waals surface area contributed by atoms with Crippen molar-refractivity contribution in [3.63, 3.8) is 0 Å². The molecule has 0 aliphatic heterocycles. The van der Waals surface area contributed by atoms with E-state index in [1.165, 1.54) is 18.3 Å². The third-order valence-electron chi connectivity index (χ3n) is 1.63. The fourth-order valence-electron chi connectivity index (χ4n) is 0.975. The van der Waals surface area contributed by atoms with Gasteiger partial charge >= 0.3 is 0 Å². The van der Waals surface area contributed by atoms with Crippen LogP contribution in [-0.4, -0.2) is 9.91 Å². The molecule has 70 valence electrons. The lowest BCUT2D eigenvalue weighted by Gasteiger charge is -1.96.